The fraction of sp³-hybridized carbons (Fsp3) is 0.286. The smallest absolute Gasteiger partial charge is 0.341 e. The Morgan fingerprint density at radius 1 is 1.19 bits per heavy atom. The average Bonchev–Trinajstić information content (AvgIpc) is 3.04. The number of hydrogen-bond donors (Lipinski definition) is 2. The van der Waals surface area contributed by atoms with Crippen molar-refractivity contribution >= 4 is 22.8 Å². The van der Waals surface area contributed by atoms with Crippen LogP contribution in [0.5, 0.6) is 0 Å². The van der Waals surface area contributed by atoms with E-state index in [1.165, 1.54) is 0 Å². The lowest BCUT2D eigenvalue weighted by Gasteiger charge is -2.24. The molecule has 2 aliphatic rings. The van der Waals surface area contributed by atoms with Crippen LogP contribution in [-0.2, 0) is 0 Å². The second-order valence-electron chi connectivity index (χ2n) is 8.29. The van der Waals surface area contributed by atoms with Gasteiger partial charge in [0.1, 0.15) is 17.2 Å². The Kier molecular flexibility index (Phi) is 3.97. The van der Waals surface area contributed by atoms with Gasteiger partial charge in [0.15, 0.2) is 17.3 Å². The van der Waals surface area contributed by atoms with Crippen LogP contribution in [-0.4, -0.2) is 39.3 Å². The lowest BCUT2D eigenvalue weighted by Crippen LogP contribution is -2.36. The zero-order valence-corrected chi connectivity index (χ0v) is 16.3. The Bertz CT molecular complexity index is 1320. The van der Waals surface area contributed by atoms with Crippen LogP contribution in [0.4, 0.5) is 19.0 Å². The van der Waals surface area contributed by atoms with E-state index in [2.05, 4.69) is 4.98 Å². The molecular weight excluding hydrogens is 413 g/mol. The third kappa shape index (κ3) is 2.82. The number of aromatic carboxylic acids is 1. The SMILES string of the molecule is CC1(N)[C@@H]2CN(c3nc4c(cc3F)c(=O)c(C(=O)O)cn4-c3ccc(F)cc3F)C[C@@H]21. The maximum atomic E-state index is 14.9. The summed E-state index contributed by atoms with van der Waals surface area (Å²) in [5.74, 6) is -3.82. The van der Waals surface area contributed by atoms with Crippen LogP contribution in [0.25, 0.3) is 16.7 Å². The van der Waals surface area contributed by atoms with Gasteiger partial charge >= 0.3 is 5.97 Å². The molecule has 2 aromatic heterocycles. The molecule has 5 rings (SSSR count). The summed E-state index contributed by atoms with van der Waals surface area (Å²) in [6.45, 7) is 2.90. The van der Waals surface area contributed by atoms with Gasteiger partial charge in [-0.05, 0) is 25.1 Å². The summed E-state index contributed by atoms with van der Waals surface area (Å²) < 4.78 is 43.9. The van der Waals surface area contributed by atoms with Crippen molar-refractivity contribution in [2.24, 2.45) is 17.6 Å². The fourth-order valence-electron chi connectivity index (χ4n) is 4.54. The molecule has 1 saturated carbocycles. The maximum Gasteiger partial charge on any atom is 0.341 e. The molecule has 31 heavy (non-hydrogen) atoms. The average molecular weight is 430 g/mol. The molecule has 3 aromatic rings. The van der Waals surface area contributed by atoms with E-state index >= 15 is 0 Å². The van der Waals surface area contributed by atoms with Gasteiger partial charge in [0.05, 0.1) is 11.1 Å². The van der Waals surface area contributed by atoms with E-state index in [1.54, 1.807) is 4.90 Å². The monoisotopic (exact) mass is 430 g/mol. The minimum Gasteiger partial charge on any atom is -0.477 e. The number of hydrogen-bond acceptors (Lipinski definition) is 5. The van der Waals surface area contributed by atoms with Crippen LogP contribution < -0.4 is 16.1 Å². The molecule has 0 spiro atoms. The van der Waals surface area contributed by atoms with Gasteiger partial charge in [0.2, 0.25) is 5.43 Å². The summed E-state index contributed by atoms with van der Waals surface area (Å²) in [6.07, 6.45) is 0.913. The standard InChI is InChI=1S/C21H17F3N4O3/c1-21(25)12-7-27(8-13(12)21)19-15(24)5-10-17(29)11(20(30)31)6-28(18(10)26-19)16-3-2-9(22)4-14(16)23/h2-6,12-13H,7-8,25H2,1H3,(H,30,31)/t12-,13+,21?. The molecule has 160 valence electrons. The number of pyridine rings is 2. The number of carboxylic acid groups (broad SMARTS) is 1. The van der Waals surface area contributed by atoms with Crippen LogP contribution in [0.3, 0.4) is 0 Å². The molecule has 0 amide bonds. The van der Waals surface area contributed by atoms with Crippen LogP contribution in [0.15, 0.2) is 35.3 Å². The molecule has 1 saturated heterocycles. The molecule has 0 radical (unpaired) electrons. The van der Waals surface area contributed by atoms with Gasteiger partial charge in [-0.25, -0.2) is 22.9 Å². The molecule has 7 nitrogen and oxygen atoms in total. The number of aromatic nitrogens is 2. The number of carboxylic acids is 1. The number of nitrogens with zero attached hydrogens (tertiary/aromatic N) is 3. The molecule has 3 atom stereocenters. The van der Waals surface area contributed by atoms with Crippen LogP contribution in [0, 0.1) is 29.3 Å². The molecule has 1 aliphatic heterocycles. The number of anilines is 1. The molecule has 0 bridgehead atoms. The minimum atomic E-state index is -1.56. The Morgan fingerprint density at radius 3 is 2.48 bits per heavy atom. The van der Waals surface area contributed by atoms with Gasteiger partial charge in [-0.1, -0.05) is 0 Å². The van der Waals surface area contributed by atoms with Gasteiger partial charge in [-0.3, -0.25) is 9.36 Å². The first-order chi connectivity index (χ1) is 14.6. The Balaban J connectivity index is 1.74. The highest BCUT2D eigenvalue weighted by Crippen LogP contribution is 2.53. The third-order valence-electron chi connectivity index (χ3n) is 6.42. The Morgan fingerprint density at radius 2 is 1.87 bits per heavy atom. The number of piperidine rings is 1. The van der Waals surface area contributed by atoms with Gasteiger partial charge in [-0.2, -0.15) is 0 Å². The van der Waals surface area contributed by atoms with E-state index in [0.29, 0.717) is 19.2 Å². The van der Waals surface area contributed by atoms with Gasteiger partial charge in [0, 0.05) is 42.7 Å². The summed E-state index contributed by atoms with van der Waals surface area (Å²) in [7, 11) is 0. The Hall–Kier alpha value is -3.40. The highest BCUT2D eigenvalue weighted by molar-refractivity contribution is 5.92. The molecule has 1 aliphatic carbocycles. The van der Waals surface area contributed by atoms with Gasteiger partial charge < -0.3 is 15.7 Å². The summed E-state index contributed by atoms with van der Waals surface area (Å²) in [6, 6.07) is 3.62. The number of carbonyl (C=O) groups is 1. The van der Waals surface area contributed by atoms with E-state index in [1.807, 2.05) is 6.92 Å². The van der Waals surface area contributed by atoms with Crippen molar-refractivity contribution in [2.75, 3.05) is 18.0 Å². The first-order valence-corrected chi connectivity index (χ1v) is 9.58. The number of rotatable bonds is 3. The molecule has 10 heteroatoms. The topological polar surface area (TPSA) is 101 Å². The highest BCUT2D eigenvalue weighted by Gasteiger charge is 2.63. The number of fused-ring (bicyclic) bond motifs is 2. The third-order valence-corrected chi connectivity index (χ3v) is 6.42. The number of halogens is 3. The quantitative estimate of drug-likeness (QED) is 0.661. The van der Waals surface area contributed by atoms with Crippen molar-refractivity contribution in [1.29, 1.82) is 0 Å². The van der Waals surface area contributed by atoms with E-state index in [0.717, 1.165) is 29.0 Å². The minimum absolute atomic E-state index is 0.0331. The zero-order valence-electron chi connectivity index (χ0n) is 16.3. The van der Waals surface area contributed by atoms with Gasteiger partial charge in [0.25, 0.3) is 0 Å². The maximum absolute atomic E-state index is 14.9. The molecular formula is C21H17F3N4O3. The molecule has 1 unspecified atom stereocenters. The zero-order chi connectivity index (χ0) is 22.2. The lowest BCUT2D eigenvalue weighted by molar-refractivity contribution is 0.0695. The predicted molar refractivity (Wildman–Crippen MR) is 106 cm³/mol. The van der Waals surface area contributed by atoms with Crippen LogP contribution in [0.1, 0.15) is 17.3 Å². The van der Waals surface area contributed by atoms with E-state index < -0.39 is 34.4 Å². The van der Waals surface area contributed by atoms with E-state index in [9.17, 15) is 27.9 Å². The normalized spacial score (nSPS) is 24.5. The van der Waals surface area contributed by atoms with Gasteiger partial charge in [-0.15, -0.1) is 0 Å². The van der Waals surface area contributed by atoms with Crippen molar-refractivity contribution in [1.82, 2.24) is 9.55 Å². The van der Waals surface area contributed by atoms with E-state index in [-0.39, 0.29) is 39.9 Å². The lowest BCUT2D eigenvalue weighted by atomic mass is 10.1. The summed E-state index contributed by atoms with van der Waals surface area (Å²) >= 11 is 0. The molecule has 3 heterocycles. The first-order valence-electron chi connectivity index (χ1n) is 9.58. The summed E-state index contributed by atoms with van der Waals surface area (Å²) in [4.78, 5) is 30.2. The van der Waals surface area contributed by atoms with Crippen molar-refractivity contribution in [2.45, 2.75) is 12.5 Å². The second kappa shape index (κ2) is 6.30. The van der Waals surface area contributed by atoms with E-state index in [4.69, 9.17) is 5.73 Å². The van der Waals surface area contributed by atoms with Crippen molar-refractivity contribution < 1.29 is 23.1 Å². The van der Waals surface area contributed by atoms with Crippen molar-refractivity contribution in [3.8, 4) is 5.69 Å². The number of benzene rings is 1. The molecule has 1 aromatic carbocycles. The van der Waals surface area contributed by atoms with Crippen molar-refractivity contribution in [3.05, 3.63) is 63.7 Å². The second-order valence-corrected chi connectivity index (χ2v) is 8.29. The summed E-state index contributed by atoms with van der Waals surface area (Å²) in [5, 5.41) is 9.07. The fourth-order valence-corrected chi connectivity index (χ4v) is 4.54. The number of nitrogens with two attached hydrogens (primary N) is 1. The van der Waals surface area contributed by atoms with Crippen molar-refractivity contribution in [3.63, 3.8) is 0 Å². The molecule has 3 N–H and O–H groups in total. The predicted octanol–water partition coefficient (Wildman–Crippen LogP) is 2.28. The Labute approximate surface area is 173 Å². The first kappa shape index (κ1) is 19.6. The molecule has 2 fully saturated rings. The summed E-state index contributed by atoms with van der Waals surface area (Å²) in [5.41, 5.74) is 3.87. The highest BCUT2D eigenvalue weighted by atomic mass is 19.1. The van der Waals surface area contributed by atoms with Crippen LogP contribution >= 0.6 is 0 Å². The van der Waals surface area contributed by atoms with Crippen LogP contribution in [0.2, 0.25) is 0 Å². The largest absolute Gasteiger partial charge is 0.477 e.